The highest BCUT2D eigenvalue weighted by atomic mass is 16.4. The number of aliphatic hydroxyl groups is 1. The highest BCUT2D eigenvalue weighted by molar-refractivity contribution is 5.96. The summed E-state index contributed by atoms with van der Waals surface area (Å²) in [5.74, 6) is -1.49. The first-order chi connectivity index (χ1) is 8.10. The van der Waals surface area contributed by atoms with Crippen molar-refractivity contribution in [2.24, 2.45) is 0 Å². The van der Waals surface area contributed by atoms with Crippen LogP contribution in [0.25, 0.3) is 0 Å². The molecule has 92 valence electrons. The second-order valence-corrected chi connectivity index (χ2v) is 3.34. The third-order valence-electron chi connectivity index (χ3n) is 2.26. The summed E-state index contributed by atoms with van der Waals surface area (Å²) in [6.07, 6.45) is 1.28. The van der Waals surface area contributed by atoms with Crippen LogP contribution in [-0.4, -0.2) is 51.7 Å². The average molecular weight is 238 g/mol. The molecule has 0 bridgehead atoms. The Kier molecular flexibility index (Phi) is 4.59. The quantitative estimate of drug-likeness (QED) is 0.766. The number of pyridine rings is 1. The van der Waals surface area contributed by atoms with Gasteiger partial charge >= 0.3 is 5.97 Å². The van der Waals surface area contributed by atoms with E-state index in [-0.39, 0.29) is 30.3 Å². The van der Waals surface area contributed by atoms with Gasteiger partial charge in [0.15, 0.2) is 0 Å². The number of carbonyl (C=O) groups excluding carboxylic acids is 1. The van der Waals surface area contributed by atoms with E-state index in [2.05, 4.69) is 4.98 Å². The van der Waals surface area contributed by atoms with Gasteiger partial charge in [0.05, 0.1) is 6.61 Å². The summed E-state index contributed by atoms with van der Waals surface area (Å²) in [7, 11) is 0. The van der Waals surface area contributed by atoms with Crippen molar-refractivity contribution in [3.05, 3.63) is 29.6 Å². The number of aromatic nitrogens is 1. The van der Waals surface area contributed by atoms with Gasteiger partial charge in [0, 0.05) is 24.8 Å². The number of hydrogen-bond donors (Lipinski definition) is 2. The van der Waals surface area contributed by atoms with Gasteiger partial charge in [-0.25, -0.2) is 9.78 Å². The van der Waals surface area contributed by atoms with E-state index in [0.717, 1.165) is 0 Å². The summed E-state index contributed by atoms with van der Waals surface area (Å²) in [6, 6.07) is 2.68. The fraction of sp³-hybridized carbons (Fsp3) is 0.364. The van der Waals surface area contributed by atoms with Crippen molar-refractivity contribution in [3.63, 3.8) is 0 Å². The maximum absolute atomic E-state index is 11.9. The van der Waals surface area contributed by atoms with Crippen molar-refractivity contribution in [2.45, 2.75) is 6.92 Å². The van der Waals surface area contributed by atoms with Crippen molar-refractivity contribution in [2.75, 3.05) is 19.7 Å². The van der Waals surface area contributed by atoms with Crippen LogP contribution in [0.5, 0.6) is 0 Å². The summed E-state index contributed by atoms with van der Waals surface area (Å²) < 4.78 is 0. The van der Waals surface area contributed by atoms with E-state index in [1.54, 1.807) is 6.92 Å². The third kappa shape index (κ3) is 3.25. The normalized spacial score (nSPS) is 10.0. The van der Waals surface area contributed by atoms with Crippen LogP contribution in [0.3, 0.4) is 0 Å². The SMILES string of the molecule is CCN(CCO)C(=O)c1ccnc(C(=O)O)c1. The Morgan fingerprint density at radius 1 is 1.47 bits per heavy atom. The molecule has 6 heteroatoms. The van der Waals surface area contributed by atoms with E-state index < -0.39 is 5.97 Å². The molecule has 0 radical (unpaired) electrons. The van der Waals surface area contributed by atoms with Crippen LogP contribution < -0.4 is 0 Å². The van der Waals surface area contributed by atoms with Gasteiger partial charge in [-0.15, -0.1) is 0 Å². The predicted octanol–water partition coefficient (Wildman–Crippen LogP) is 0.234. The maximum Gasteiger partial charge on any atom is 0.354 e. The third-order valence-corrected chi connectivity index (χ3v) is 2.26. The van der Waals surface area contributed by atoms with Crippen LogP contribution in [0.2, 0.25) is 0 Å². The molecule has 1 aromatic heterocycles. The standard InChI is InChI=1S/C11H14N2O4/c1-2-13(5-6-14)10(15)8-3-4-12-9(7-8)11(16)17/h3-4,7,14H,2,5-6H2,1H3,(H,16,17). The lowest BCUT2D eigenvalue weighted by Crippen LogP contribution is -2.33. The zero-order valence-electron chi connectivity index (χ0n) is 9.46. The van der Waals surface area contributed by atoms with Gasteiger partial charge in [0.1, 0.15) is 5.69 Å². The smallest absolute Gasteiger partial charge is 0.354 e. The summed E-state index contributed by atoms with van der Waals surface area (Å²) in [6.45, 7) is 2.33. The van der Waals surface area contributed by atoms with Crippen LogP contribution >= 0.6 is 0 Å². The number of carbonyl (C=O) groups is 2. The number of amides is 1. The van der Waals surface area contributed by atoms with Gasteiger partial charge in [0.2, 0.25) is 0 Å². The zero-order valence-corrected chi connectivity index (χ0v) is 9.46. The minimum absolute atomic E-state index is 0.129. The van der Waals surface area contributed by atoms with E-state index in [4.69, 9.17) is 10.2 Å². The molecule has 0 saturated carbocycles. The molecule has 0 aliphatic rings. The lowest BCUT2D eigenvalue weighted by Gasteiger charge is -2.19. The highest BCUT2D eigenvalue weighted by Gasteiger charge is 2.15. The second-order valence-electron chi connectivity index (χ2n) is 3.34. The molecule has 17 heavy (non-hydrogen) atoms. The van der Waals surface area contributed by atoms with Gasteiger partial charge in [0.25, 0.3) is 5.91 Å². The molecule has 2 N–H and O–H groups in total. The van der Waals surface area contributed by atoms with Gasteiger partial charge in [-0.3, -0.25) is 4.79 Å². The van der Waals surface area contributed by atoms with Gasteiger partial charge < -0.3 is 15.1 Å². The molecule has 6 nitrogen and oxygen atoms in total. The molecule has 1 rings (SSSR count). The van der Waals surface area contributed by atoms with Crippen molar-refractivity contribution < 1.29 is 19.8 Å². The molecule has 1 aromatic rings. The lowest BCUT2D eigenvalue weighted by molar-refractivity contribution is 0.0690. The Morgan fingerprint density at radius 3 is 2.71 bits per heavy atom. The summed E-state index contributed by atoms with van der Waals surface area (Å²) in [5.41, 5.74) is 0.0867. The molecular weight excluding hydrogens is 224 g/mol. The highest BCUT2D eigenvalue weighted by Crippen LogP contribution is 2.06. The summed E-state index contributed by atoms with van der Waals surface area (Å²) in [4.78, 5) is 27.7. The van der Waals surface area contributed by atoms with E-state index in [1.165, 1.54) is 23.2 Å². The number of carboxylic acid groups (broad SMARTS) is 1. The monoisotopic (exact) mass is 238 g/mol. The van der Waals surface area contributed by atoms with Crippen LogP contribution in [0.4, 0.5) is 0 Å². The summed E-state index contributed by atoms with van der Waals surface area (Å²) in [5, 5.41) is 17.6. The molecule has 0 aliphatic carbocycles. The van der Waals surface area contributed by atoms with Crippen molar-refractivity contribution >= 4 is 11.9 Å². The molecule has 0 spiro atoms. The molecular formula is C11H14N2O4. The minimum Gasteiger partial charge on any atom is -0.477 e. The fourth-order valence-electron chi connectivity index (χ4n) is 1.39. The first kappa shape index (κ1) is 13.1. The van der Waals surface area contributed by atoms with Crippen molar-refractivity contribution in [1.82, 2.24) is 9.88 Å². The zero-order chi connectivity index (χ0) is 12.8. The van der Waals surface area contributed by atoms with Gasteiger partial charge in [-0.05, 0) is 19.1 Å². The number of likely N-dealkylation sites (N-methyl/N-ethyl adjacent to an activating group) is 1. The Morgan fingerprint density at radius 2 is 2.18 bits per heavy atom. The first-order valence-corrected chi connectivity index (χ1v) is 5.19. The van der Waals surface area contributed by atoms with E-state index in [0.29, 0.717) is 6.54 Å². The summed E-state index contributed by atoms with van der Waals surface area (Å²) >= 11 is 0. The maximum atomic E-state index is 11.9. The van der Waals surface area contributed by atoms with E-state index >= 15 is 0 Å². The molecule has 0 fully saturated rings. The Hall–Kier alpha value is -1.95. The van der Waals surface area contributed by atoms with Crippen LogP contribution in [0, 0.1) is 0 Å². The second kappa shape index (κ2) is 5.95. The van der Waals surface area contributed by atoms with E-state index in [1.807, 2.05) is 0 Å². The number of rotatable bonds is 5. The van der Waals surface area contributed by atoms with E-state index in [9.17, 15) is 9.59 Å². The first-order valence-electron chi connectivity index (χ1n) is 5.19. The molecule has 0 aliphatic heterocycles. The number of hydrogen-bond acceptors (Lipinski definition) is 4. The molecule has 0 unspecified atom stereocenters. The largest absolute Gasteiger partial charge is 0.477 e. The molecule has 0 atom stereocenters. The fourth-order valence-corrected chi connectivity index (χ4v) is 1.39. The molecule has 0 saturated heterocycles. The van der Waals surface area contributed by atoms with Crippen LogP contribution in [-0.2, 0) is 0 Å². The molecule has 1 amide bonds. The average Bonchev–Trinajstić information content (AvgIpc) is 2.35. The Labute approximate surface area is 98.5 Å². The van der Waals surface area contributed by atoms with Crippen molar-refractivity contribution in [3.8, 4) is 0 Å². The lowest BCUT2D eigenvalue weighted by atomic mass is 10.2. The van der Waals surface area contributed by atoms with Gasteiger partial charge in [-0.2, -0.15) is 0 Å². The number of nitrogens with zero attached hydrogens (tertiary/aromatic N) is 2. The Bertz CT molecular complexity index is 420. The topological polar surface area (TPSA) is 90.7 Å². The van der Waals surface area contributed by atoms with Gasteiger partial charge in [-0.1, -0.05) is 0 Å². The van der Waals surface area contributed by atoms with Crippen molar-refractivity contribution in [1.29, 1.82) is 0 Å². The minimum atomic E-state index is -1.18. The Balaban J connectivity index is 2.95. The molecule has 0 aromatic carbocycles. The number of aromatic carboxylic acids is 1. The van der Waals surface area contributed by atoms with Crippen LogP contribution in [0.15, 0.2) is 18.3 Å². The number of carboxylic acids is 1. The predicted molar refractivity (Wildman–Crippen MR) is 59.9 cm³/mol. The number of aliphatic hydroxyl groups excluding tert-OH is 1. The van der Waals surface area contributed by atoms with Crippen LogP contribution in [0.1, 0.15) is 27.8 Å². The molecule has 1 heterocycles.